The second-order valence-corrected chi connectivity index (χ2v) is 6.29. The predicted molar refractivity (Wildman–Crippen MR) is 82.7 cm³/mol. The molecule has 0 amide bonds. The van der Waals surface area contributed by atoms with E-state index < -0.39 is 5.97 Å². The Morgan fingerprint density at radius 3 is 2.95 bits per heavy atom. The van der Waals surface area contributed by atoms with Gasteiger partial charge in [-0.05, 0) is 50.9 Å². The molecule has 2 unspecified atom stereocenters. The molecule has 1 aromatic carbocycles. The van der Waals surface area contributed by atoms with Gasteiger partial charge in [-0.2, -0.15) is 0 Å². The number of likely N-dealkylation sites (N-methyl/N-ethyl adjacent to an activating group) is 1. The van der Waals surface area contributed by atoms with E-state index in [2.05, 4.69) is 16.8 Å². The van der Waals surface area contributed by atoms with Crippen LogP contribution in [-0.2, 0) is 6.42 Å². The minimum absolute atomic E-state index is 0.444. The summed E-state index contributed by atoms with van der Waals surface area (Å²) >= 11 is 0. The minimum Gasteiger partial charge on any atom is -0.478 e. The Bertz CT molecular complexity index is 517. The fourth-order valence-corrected chi connectivity index (χ4v) is 3.98. The highest BCUT2D eigenvalue weighted by molar-refractivity contribution is 5.89. The highest BCUT2D eigenvalue weighted by Gasteiger charge is 2.38. The molecule has 0 radical (unpaired) electrons. The Morgan fingerprint density at radius 2 is 2.14 bits per heavy atom. The second-order valence-electron chi connectivity index (χ2n) is 6.29. The van der Waals surface area contributed by atoms with Crippen LogP contribution in [0.1, 0.15) is 35.2 Å². The maximum atomic E-state index is 11.3. The maximum absolute atomic E-state index is 11.3. The van der Waals surface area contributed by atoms with Crippen LogP contribution in [0, 0.1) is 0 Å². The molecule has 4 heteroatoms. The van der Waals surface area contributed by atoms with Gasteiger partial charge in [-0.3, -0.25) is 4.90 Å². The molecule has 114 valence electrons. The maximum Gasteiger partial charge on any atom is 0.335 e. The number of rotatable bonds is 5. The van der Waals surface area contributed by atoms with E-state index in [0.717, 1.165) is 24.6 Å². The van der Waals surface area contributed by atoms with Gasteiger partial charge in [0.2, 0.25) is 0 Å². The topological polar surface area (TPSA) is 43.8 Å². The van der Waals surface area contributed by atoms with E-state index in [-0.39, 0.29) is 0 Å². The number of hydrogen-bond acceptors (Lipinski definition) is 3. The number of carbonyl (C=O) groups is 1. The van der Waals surface area contributed by atoms with Crippen LogP contribution in [0.4, 0.5) is 0 Å². The molecule has 3 rings (SSSR count). The van der Waals surface area contributed by atoms with Gasteiger partial charge in [0.05, 0.1) is 5.56 Å². The van der Waals surface area contributed by atoms with Crippen molar-refractivity contribution in [1.29, 1.82) is 0 Å². The molecular weight excluding hydrogens is 264 g/mol. The van der Waals surface area contributed by atoms with E-state index >= 15 is 0 Å². The predicted octanol–water partition coefficient (Wildman–Crippen LogP) is 2.10. The van der Waals surface area contributed by atoms with Gasteiger partial charge in [-0.25, -0.2) is 4.79 Å². The zero-order chi connectivity index (χ0) is 14.8. The Morgan fingerprint density at radius 1 is 1.33 bits per heavy atom. The van der Waals surface area contributed by atoms with Gasteiger partial charge in [-0.1, -0.05) is 18.2 Å². The molecule has 0 spiro atoms. The smallest absolute Gasteiger partial charge is 0.335 e. The highest BCUT2D eigenvalue weighted by atomic mass is 16.4. The lowest BCUT2D eigenvalue weighted by molar-refractivity contribution is 0.0695. The van der Waals surface area contributed by atoms with Crippen molar-refractivity contribution in [2.24, 2.45) is 0 Å². The van der Waals surface area contributed by atoms with Crippen molar-refractivity contribution in [3.8, 4) is 0 Å². The first kappa shape index (κ1) is 14.5. The van der Waals surface area contributed by atoms with Crippen LogP contribution in [-0.4, -0.2) is 59.6 Å². The summed E-state index contributed by atoms with van der Waals surface area (Å²) in [6.45, 7) is 3.42. The average Bonchev–Trinajstić information content (AvgIpc) is 3.07. The fourth-order valence-electron chi connectivity index (χ4n) is 3.98. The molecule has 2 heterocycles. The molecular formula is C17H24N2O2. The number of carboxylic acid groups (broad SMARTS) is 1. The molecule has 2 atom stereocenters. The van der Waals surface area contributed by atoms with Crippen molar-refractivity contribution >= 4 is 5.97 Å². The lowest BCUT2D eigenvalue weighted by Crippen LogP contribution is -2.41. The third-order valence-electron chi connectivity index (χ3n) is 5.12. The lowest BCUT2D eigenvalue weighted by atomic mass is 10.0. The van der Waals surface area contributed by atoms with Crippen LogP contribution < -0.4 is 0 Å². The summed E-state index contributed by atoms with van der Waals surface area (Å²) in [6, 6.07) is 8.73. The summed E-state index contributed by atoms with van der Waals surface area (Å²) in [5.74, 6) is -0.823. The summed E-state index contributed by atoms with van der Waals surface area (Å²) in [7, 11) is 2.19. The molecule has 0 aliphatic carbocycles. The molecule has 0 aromatic heterocycles. The Labute approximate surface area is 126 Å². The molecule has 2 aliphatic rings. The van der Waals surface area contributed by atoms with Crippen LogP contribution >= 0.6 is 0 Å². The summed E-state index contributed by atoms with van der Waals surface area (Å²) in [5, 5.41) is 9.25. The molecule has 1 N–H and O–H groups in total. The van der Waals surface area contributed by atoms with Crippen molar-refractivity contribution in [3.63, 3.8) is 0 Å². The molecule has 2 fully saturated rings. The Balaban J connectivity index is 1.61. The van der Waals surface area contributed by atoms with Crippen molar-refractivity contribution in [3.05, 3.63) is 35.4 Å². The van der Waals surface area contributed by atoms with Crippen LogP contribution in [0.15, 0.2) is 24.3 Å². The first-order valence-corrected chi connectivity index (χ1v) is 7.92. The number of carboxylic acids is 1. The molecule has 2 saturated heterocycles. The van der Waals surface area contributed by atoms with Crippen molar-refractivity contribution < 1.29 is 9.90 Å². The summed E-state index contributed by atoms with van der Waals surface area (Å²) < 4.78 is 0. The van der Waals surface area contributed by atoms with Gasteiger partial charge in [0.15, 0.2) is 0 Å². The van der Waals surface area contributed by atoms with Crippen molar-refractivity contribution in [1.82, 2.24) is 9.80 Å². The third kappa shape index (κ3) is 2.97. The lowest BCUT2D eigenvalue weighted by Gasteiger charge is -2.29. The van der Waals surface area contributed by atoms with E-state index in [4.69, 9.17) is 0 Å². The summed E-state index contributed by atoms with van der Waals surface area (Å²) in [6.07, 6.45) is 4.71. The van der Waals surface area contributed by atoms with E-state index in [1.807, 2.05) is 12.1 Å². The third-order valence-corrected chi connectivity index (χ3v) is 5.12. The van der Waals surface area contributed by atoms with Gasteiger partial charge in [-0.15, -0.1) is 0 Å². The van der Waals surface area contributed by atoms with Crippen LogP contribution in [0.25, 0.3) is 0 Å². The van der Waals surface area contributed by atoms with E-state index in [0.29, 0.717) is 11.6 Å². The highest BCUT2D eigenvalue weighted by Crippen LogP contribution is 2.30. The molecule has 0 bridgehead atoms. The van der Waals surface area contributed by atoms with Crippen LogP contribution in [0.2, 0.25) is 0 Å². The van der Waals surface area contributed by atoms with E-state index in [9.17, 15) is 9.90 Å². The van der Waals surface area contributed by atoms with Gasteiger partial charge in [0, 0.05) is 25.2 Å². The molecule has 21 heavy (non-hydrogen) atoms. The van der Waals surface area contributed by atoms with Crippen LogP contribution in [0.3, 0.4) is 0 Å². The monoisotopic (exact) mass is 288 g/mol. The van der Waals surface area contributed by atoms with Crippen molar-refractivity contribution in [2.75, 3.05) is 26.7 Å². The largest absolute Gasteiger partial charge is 0.478 e. The van der Waals surface area contributed by atoms with Gasteiger partial charge < -0.3 is 10.0 Å². The number of aromatic carboxylic acids is 1. The first-order chi connectivity index (χ1) is 10.2. The normalized spacial score (nSPS) is 25.4. The van der Waals surface area contributed by atoms with E-state index in [1.54, 1.807) is 12.1 Å². The summed E-state index contributed by atoms with van der Waals surface area (Å²) in [5.41, 5.74) is 1.39. The Hall–Kier alpha value is -1.39. The number of benzene rings is 1. The molecule has 1 aromatic rings. The zero-order valence-corrected chi connectivity index (χ0v) is 12.7. The minimum atomic E-state index is -0.823. The first-order valence-electron chi connectivity index (χ1n) is 7.92. The summed E-state index contributed by atoms with van der Waals surface area (Å²) in [4.78, 5) is 16.3. The number of fused-ring (bicyclic) bond motifs is 1. The van der Waals surface area contributed by atoms with Gasteiger partial charge in [0.1, 0.15) is 0 Å². The molecule has 4 nitrogen and oxygen atoms in total. The van der Waals surface area contributed by atoms with Crippen LogP contribution in [0.5, 0.6) is 0 Å². The van der Waals surface area contributed by atoms with E-state index in [1.165, 1.54) is 32.4 Å². The zero-order valence-electron chi connectivity index (χ0n) is 12.7. The second kappa shape index (κ2) is 6.16. The van der Waals surface area contributed by atoms with Gasteiger partial charge in [0.25, 0.3) is 0 Å². The number of nitrogens with zero attached hydrogens (tertiary/aromatic N) is 2. The fraction of sp³-hybridized carbons (Fsp3) is 0.588. The van der Waals surface area contributed by atoms with Crippen molar-refractivity contribution in [2.45, 2.75) is 37.8 Å². The van der Waals surface area contributed by atoms with Gasteiger partial charge >= 0.3 is 5.97 Å². The molecule has 2 aliphatic heterocycles. The number of hydrogen-bond donors (Lipinski definition) is 1. The average molecular weight is 288 g/mol. The standard InChI is InChI=1S/C17H24N2O2/c1-18(15-9-12-19-10-4-7-16(15)19)11-8-13-5-2-3-6-14(13)17(20)21/h2-3,5-6,15-16H,4,7-12H2,1H3,(H,20,21). The molecule has 0 saturated carbocycles. The Kier molecular flexibility index (Phi) is 4.27. The SMILES string of the molecule is CN(CCc1ccccc1C(=O)O)C1CCN2CCCC12. The quantitative estimate of drug-likeness (QED) is 0.901.